The van der Waals surface area contributed by atoms with Crippen molar-refractivity contribution in [3.8, 4) is 0 Å². The first-order valence-corrected chi connectivity index (χ1v) is 6.94. The fourth-order valence-electron chi connectivity index (χ4n) is 0.733. The van der Waals surface area contributed by atoms with E-state index in [4.69, 9.17) is 46.4 Å². The van der Waals surface area contributed by atoms with Crippen LogP contribution in [0.15, 0.2) is 23.2 Å². The number of allylic oxidation sites excluding steroid dienone is 3. The van der Waals surface area contributed by atoms with Crippen molar-refractivity contribution < 1.29 is 0 Å². The maximum absolute atomic E-state index is 6.18. The van der Waals surface area contributed by atoms with Crippen molar-refractivity contribution in [2.45, 2.75) is 29.0 Å². The van der Waals surface area contributed by atoms with Crippen LogP contribution in [-0.4, -0.2) is 21.0 Å². The van der Waals surface area contributed by atoms with E-state index in [0.717, 1.165) is 0 Å². The summed E-state index contributed by atoms with van der Waals surface area (Å²) in [5.74, 6) is 0.321. The summed E-state index contributed by atoms with van der Waals surface area (Å²) in [6.07, 6.45) is 5.29. The van der Waals surface area contributed by atoms with Crippen LogP contribution in [0.3, 0.4) is 0 Å². The summed E-state index contributed by atoms with van der Waals surface area (Å²) in [6.45, 7) is 3.63. The van der Waals surface area contributed by atoms with Crippen LogP contribution in [0.1, 0.15) is 13.8 Å². The first-order valence-electron chi connectivity index (χ1n) is 4.30. The maximum Gasteiger partial charge on any atom is 0.0804 e. The van der Waals surface area contributed by atoms with Gasteiger partial charge in [-0.3, -0.25) is 0 Å². The summed E-state index contributed by atoms with van der Waals surface area (Å²) in [4.78, 5) is 0.450. The van der Waals surface area contributed by atoms with E-state index in [0.29, 0.717) is 5.88 Å². The molecule has 5 heteroatoms. The highest BCUT2D eigenvalue weighted by atomic mass is 79.9. The lowest BCUT2D eigenvalue weighted by Gasteiger charge is -2.22. The predicted molar refractivity (Wildman–Crippen MR) is 76.1 cm³/mol. The molecule has 0 rings (SSSR count). The zero-order valence-corrected chi connectivity index (χ0v) is 13.1. The van der Waals surface area contributed by atoms with Crippen LogP contribution < -0.4 is 0 Å². The summed E-state index contributed by atoms with van der Waals surface area (Å²) in [7, 11) is 0. The van der Waals surface area contributed by atoms with Gasteiger partial charge in [-0.1, -0.05) is 34.2 Å². The van der Waals surface area contributed by atoms with E-state index in [2.05, 4.69) is 15.9 Å². The molecule has 0 saturated carbocycles. The molecule has 0 heterocycles. The van der Waals surface area contributed by atoms with Gasteiger partial charge in [0.1, 0.15) is 0 Å². The van der Waals surface area contributed by atoms with E-state index in [1.807, 2.05) is 13.8 Å². The molecule has 3 atom stereocenters. The molecule has 0 aromatic carbocycles. The van der Waals surface area contributed by atoms with Gasteiger partial charge in [-0.2, -0.15) is 0 Å². The molecule has 0 bridgehead atoms. The lowest BCUT2D eigenvalue weighted by Crippen LogP contribution is -2.26. The average Bonchev–Trinajstić information content (AvgIpc) is 2.14. The van der Waals surface area contributed by atoms with E-state index in [1.165, 1.54) is 0 Å². The van der Waals surface area contributed by atoms with Crippen molar-refractivity contribution in [1.82, 2.24) is 0 Å². The summed E-state index contributed by atoms with van der Waals surface area (Å²) >= 11 is 27.2. The minimum atomic E-state index is -0.652. The van der Waals surface area contributed by atoms with Gasteiger partial charge >= 0.3 is 0 Å². The maximum atomic E-state index is 6.18. The van der Waals surface area contributed by atoms with Gasteiger partial charge in [0.25, 0.3) is 0 Å². The second kappa shape index (κ2) is 6.76. The van der Waals surface area contributed by atoms with Crippen LogP contribution in [-0.2, 0) is 0 Å². The minimum Gasteiger partial charge on any atom is -0.124 e. The highest BCUT2D eigenvalue weighted by Crippen LogP contribution is 2.29. The van der Waals surface area contributed by atoms with E-state index in [-0.39, 0.29) is 5.38 Å². The van der Waals surface area contributed by atoms with E-state index in [1.54, 1.807) is 23.2 Å². The van der Waals surface area contributed by atoms with Crippen molar-refractivity contribution >= 4 is 62.3 Å². The smallest absolute Gasteiger partial charge is 0.0804 e. The number of rotatable bonds is 5. The molecule has 15 heavy (non-hydrogen) atoms. The molecule has 0 aliphatic carbocycles. The number of alkyl halides is 4. The van der Waals surface area contributed by atoms with Gasteiger partial charge in [-0.25, -0.2) is 0 Å². The zero-order chi connectivity index (χ0) is 12.1. The molecule has 0 radical (unpaired) electrons. The van der Waals surface area contributed by atoms with E-state index < -0.39 is 9.75 Å². The molecule has 0 amide bonds. The largest absolute Gasteiger partial charge is 0.124 e. The highest BCUT2D eigenvalue weighted by molar-refractivity contribution is 9.11. The Morgan fingerprint density at radius 2 is 1.80 bits per heavy atom. The summed E-state index contributed by atoms with van der Waals surface area (Å²) in [5.41, 5.74) is 0. The van der Waals surface area contributed by atoms with Crippen LogP contribution >= 0.6 is 62.3 Å². The summed E-state index contributed by atoms with van der Waals surface area (Å²) < 4.78 is 0. The first-order chi connectivity index (χ1) is 6.75. The standard InChI is InChI=1S/C10H13BrCl4/c1-9(14,7-12)4-3-8(13)10(2,15)5-6-11/h3-6,8H,7H2,1-2H3. The van der Waals surface area contributed by atoms with Crippen LogP contribution in [0.4, 0.5) is 0 Å². The molecule has 88 valence electrons. The molecule has 0 N–H and O–H groups in total. The normalized spacial score (nSPS) is 22.9. The molecule has 0 saturated heterocycles. The van der Waals surface area contributed by atoms with Crippen molar-refractivity contribution in [2.75, 3.05) is 5.88 Å². The molecule has 0 spiro atoms. The lowest BCUT2D eigenvalue weighted by atomic mass is 10.0. The van der Waals surface area contributed by atoms with E-state index in [9.17, 15) is 0 Å². The van der Waals surface area contributed by atoms with Gasteiger partial charge in [-0.05, 0) is 18.8 Å². The zero-order valence-electron chi connectivity index (χ0n) is 8.48. The molecule has 0 fully saturated rings. The lowest BCUT2D eigenvalue weighted by molar-refractivity contribution is 0.789. The van der Waals surface area contributed by atoms with Crippen molar-refractivity contribution in [3.63, 3.8) is 0 Å². The Labute approximate surface area is 120 Å². The fourth-order valence-corrected chi connectivity index (χ4v) is 1.88. The monoisotopic (exact) mass is 352 g/mol. The molecule has 0 aromatic rings. The Hall–Kier alpha value is 1.12. The average molecular weight is 355 g/mol. The Morgan fingerprint density at radius 3 is 2.20 bits per heavy atom. The molecular formula is C10H13BrCl4. The Kier molecular flexibility index (Phi) is 7.26. The second-order valence-corrected chi connectivity index (χ2v) is 6.56. The van der Waals surface area contributed by atoms with E-state index >= 15 is 0 Å². The topological polar surface area (TPSA) is 0 Å². The Bertz CT molecular complexity index is 246. The van der Waals surface area contributed by atoms with Crippen LogP contribution in [0.5, 0.6) is 0 Å². The molecular weight excluding hydrogens is 342 g/mol. The quantitative estimate of drug-likeness (QED) is 0.464. The van der Waals surface area contributed by atoms with Crippen LogP contribution in [0, 0.1) is 0 Å². The third-order valence-electron chi connectivity index (χ3n) is 1.80. The van der Waals surface area contributed by atoms with Gasteiger partial charge < -0.3 is 0 Å². The molecule has 0 aromatic heterocycles. The predicted octanol–water partition coefficient (Wildman–Crippen LogP) is 5.29. The minimum absolute atomic E-state index is 0.321. The molecule has 0 aliphatic rings. The number of hydrogen-bond donors (Lipinski definition) is 0. The third-order valence-corrected chi connectivity index (χ3v) is 4.09. The van der Waals surface area contributed by atoms with Crippen LogP contribution in [0.25, 0.3) is 0 Å². The highest BCUT2D eigenvalue weighted by Gasteiger charge is 2.26. The third kappa shape index (κ3) is 6.43. The van der Waals surface area contributed by atoms with Gasteiger partial charge in [0.05, 0.1) is 15.1 Å². The SMILES string of the molecule is CC(Cl)(C=CC(Cl)C(C)(Cl)C=CBr)CCl. The Balaban J connectivity index is 4.55. The number of halogens is 5. The van der Waals surface area contributed by atoms with Crippen molar-refractivity contribution in [1.29, 1.82) is 0 Å². The van der Waals surface area contributed by atoms with Gasteiger partial charge in [0.2, 0.25) is 0 Å². The van der Waals surface area contributed by atoms with Crippen LogP contribution in [0.2, 0.25) is 0 Å². The fraction of sp³-hybridized carbons (Fsp3) is 0.600. The second-order valence-electron chi connectivity index (χ2n) is 3.62. The number of hydrogen-bond acceptors (Lipinski definition) is 0. The first kappa shape index (κ1) is 16.1. The van der Waals surface area contributed by atoms with Gasteiger partial charge in [0, 0.05) is 5.88 Å². The van der Waals surface area contributed by atoms with Gasteiger partial charge in [0.15, 0.2) is 0 Å². The molecule has 3 unspecified atom stereocenters. The Morgan fingerprint density at radius 1 is 1.27 bits per heavy atom. The summed E-state index contributed by atoms with van der Waals surface area (Å²) in [6, 6.07) is 0. The molecule has 0 aliphatic heterocycles. The summed E-state index contributed by atoms with van der Waals surface area (Å²) in [5, 5.41) is -0.353. The van der Waals surface area contributed by atoms with Crippen molar-refractivity contribution in [3.05, 3.63) is 23.2 Å². The van der Waals surface area contributed by atoms with Gasteiger partial charge in [-0.15, -0.1) is 46.4 Å². The van der Waals surface area contributed by atoms with Crippen molar-refractivity contribution in [2.24, 2.45) is 0 Å². The molecule has 0 nitrogen and oxygen atoms in total.